The van der Waals surface area contributed by atoms with Gasteiger partial charge in [-0.1, -0.05) is 0 Å². The fourth-order valence-electron chi connectivity index (χ4n) is 1.17. The summed E-state index contributed by atoms with van der Waals surface area (Å²) < 4.78 is 1.41. The minimum Gasteiger partial charge on any atom is -0.506 e. The molecule has 0 radical (unpaired) electrons. The number of nitrogens with one attached hydrogen (secondary N) is 1. The molecule has 1 rings (SSSR count). The fourth-order valence-corrected chi connectivity index (χ4v) is 3.06. The molecule has 1 amide bonds. The number of carbonyl (C=O) groups is 1. The summed E-state index contributed by atoms with van der Waals surface area (Å²) in [6.45, 7) is 0. The van der Waals surface area contributed by atoms with E-state index >= 15 is 0 Å². The van der Waals surface area contributed by atoms with Gasteiger partial charge in [0.2, 0.25) is 0 Å². The molecule has 0 aliphatic carbocycles. The molecule has 16 heavy (non-hydrogen) atoms. The van der Waals surface area contributed by atoms with Crippen LogP contribution >= 0.6 is 45.2 Å². The van der Waals surface area contributed by atoms with Gasteiger partial charge in [0.15, 0.2) is 0 Å². The van der Waals surface area contributed by atoms with E-state index in [4.69, 9.17) is 10.9 Å². The van der Waals surface area contributed by atoms with Crippen LogP contribution in [0, 0.1) is 7.14 Å². The minimum absolute atomic E-state index is 0.227. The summed E-state index contributed by atoms with van der Waals surface area (Å²) in [5, 5.41) is 18.0. The first-order valence-electron chi connectivity index (χ1n) is 4.32. The van der Waals surface area contributed by atoms with Gasteiger partial charge in [0, 0.05) is 0 Å². The molecular weight excluding hydrogens is 438 g/mol. The van der Waals surface area contributed by atoms with Gasteiger partial charge >= 0.3 is 0 Å². The lowest BCUT2D eigenvalue weighted by molar-refractivity contribution is -0.130. The topological polar surface area (TPSA) is 95.6 Å². The summed E-state index contributed by atoms with van der Waals surface area (Å²) in [5.41, 5.74) is 7.90. The molecule has 1 aromatic rings. The van der Waals surface area contributed by atoms with Crippen molar-refractivity contribution in [2.45, 2.75) is 12.5 Å². The van der Waals surface area contributed by atoms with E-state index in [0.29, 0.717) is 13.6 Å². The highest BCUT2D eigenvalue weighted by molar-refractivity contribution is 14.1. The van der Waals surface area contributed by atoms with Gasteiger partial charge in [-0.2, -0.15) is 0 Å². The molecule has 0 saturated heterocycles. The third-order valence-corrected chi connectivity index (χ3v) is 3.62. The van der Waals surface area contributed by atoms with Crippen molar-refractivity contribution in [1.29, 1.82) is 0 Å². The molecule has 0 fully saturated rings. The van der Waals surface area contributed by atoms with Crippen LogP contribution in [0.15, 0.2) is 12.1 Å². The maximum Gasteiger partial charge on any atom is 0.260 e. The van der Waals surface area contributed by atoms with Gasteiger partial charge in [-0.15, -0.1) is 0 Å². The number of rotatable bonds is 3. The average molecular weight is 448 g/mol. The number of halogens is 2. The highest BCUT2D eigenvalue weighted by Gasteiger charge is 2.14. The molecule has 1 atom stereocenters. The number of hydrogen-bond acceptors (Lipinski definition) is 4. The Bertz CT molecular complexity index is 389. The van der Waals surface area contributed by atoms with Crippen LogP contribution in [0.5, 0.6) is 5.75 Å². The summed E-state index contributed by atoms with van der Waals surface area (Å²) in [7, 11) is 0. The van der Waals surface area contributed by atoms with Crippen LogP contribution in [0.3, 0.4) is 0 Å². The SMILES string of the molecule is N[C@@H](Cc1cc(I)c(O)c(I)c1)C(=O)NO. The number of benzene rings is 1. The summed E-state index contributed by atoms with van der Waals surface area (Å²) >= 11 is 4.01. The van der Waals surface area contributed by atoms with E-state index in [1.54, 1.807) is 12.1 Å². The molecule has 0 unspecified atom stereocenters. The molecule has 0 saturated carbocycles. The van der Waals surface area contributed by atoms with Crippen molar-refractivity contribution >= 4 is 51.1 Å². The largest absolute Gasteiger partial charge is 0.506 e. The number of amides is 1. The first-order valence-corrected chi connectivity index (χ1v) is 6.48. The molecular formula is C9H10I2N2O3. The first kappa shape index (κ1) is 13.9. The summed E-state index contributed by atoms with van der Waals surface area (Å²) in [5.74, 6) is -0.400. The van der Waals surface area contributed by atoms with Crippen molar-refractivity contribution in [3.63, 3.8) is 0 Å². The Labute approximate surface area is 120 Å². The molecule has 0 aliphatic heterocycles. The lowest BCUT2D eigenvalue weighted by Gasteiger charge is -2.10. The van der Waals surface area contributed by atoms with Crippen LogP contribution in [0.2, 0.25) is 0 Å². The molecule has 0 aliphatic rings. The highest BCUT2D eigenvalue weighted by Crippen LogP contribution is 2.27. The van der Waals surface area contributed by atoms with Crippen molar-refractivity contribution in [3.8, 4) is 5.75 Å². The number of carbonyl (C=O) groups excluding carboxylic acids is 1. The number of hydroxylamine groups is 1. The zero-order chi connectivity index (χ0) is 12.3. The second kappa shape index (κ2) is 5.98. The van der Waals surface area contributed by atoms with Crippen molar-refractivity contribution in [2.24, 2.45) is 5.73 Å². The third-order valence-electron chi connectivity index (χ3n) is 1.98. The molecule has 88 valence electrons. The van der Waals surface area contributed by atoms with Crippen molar-refractivity contribution < 1.29 is 15.1 Å². The number of hydrogen-bond donors (Lipinski definition) is 4. The second-order valence-corrected chi connectivity index (χ2v) is 5.52. The molecule has 0 spiro atoms. The van der Waals surface area contributed by atoms with Gasteiger partial charge in [-0.05, 0) is 69.3 Å². The lowest BCUT2D eigenvalue weighted by Crippen LogP contribution is -2.40. The molecule has 5 nitrogen and oxygen atoms in total. The number of nitrogens with two attached hydrogens (primary N) is 1. The van der Waals surface area contributed by atoms with Crippen LogP contribution in [0.1, 0.15) is 5.56 Å². The maximum atomic E-state index is 11.0. The normalized spacial score (nSPS) is 12.2. The van der Waals surface area contributed by atoms with E-state index in [1.807, 2.05) is 45.2 Å². The Morgan fingerprint density at radius 3 is 2.38 bits per heavy atom. The fraction of sp³-hybridized carbons (Fsp3) is 0.222. The van der Waals surface area contributed by atoms with E-state index in [9.17, 15) is 9.90 Å². The van der Waals surface area contributed by atoms with E-state index in [0.717, 1.165) is 5.56 Å². The smallest absolute Gasteiger partial charge is 0.260 e. The third kappa shape index (κ3) is 3.43. The van der Waals surface area contributed by atoms with Gasteiger partial charge in [0.05, 0.1) is 13.2 Å². The standard InChI is InChI=1S/C9H10I2N2O3/c10-5-1-4(2-6(11)8(5)14)3-7(12)9(15)13-16/h1-2,7,14,16H,3,12H2,(H,13,15)/t7-/m0/s1. The Kier molecular flexibility index (Phi) is 5.21. The van der Waals surface area contributed by atoms with Crippen molar-refractivity contribution in [1.82, 2.24) is 5.48 Å². The second-order valence-electron chi connectivity index (χ2n) is 3.19. The zero-order valence-corrected chi connectivity index (χ0v) is 12.4. The summed E-state index contributed by atoms with van der Waals surface area (Å²) in [6, 6.07) is 2.70. The number of aromatic hydroxyl groups is 1. The quantitative estimate of drug-likeness (QED) is 0.315. The predicted molar refractivity (Wildman–Crippen MR) is 75.1 cm³/mol. The Balaban J connectivity index is 2.86. The first-order chi connectivity index (χ1) is 7.45. The van der Waals surface area contributed by atoms with Crippen LogP contribution in [0.4, 0.5) is 0 Å². The van der Waals surface area contributed by atoms with Gasteiger partial charge in [-0.25, -0.2) is 5.48 Å². The van der Waals surface area contributed by atoms with Crippen LogP contribution in [-0.4, -0.2) is 22.3 Å². The molecule has 0 heterocycles. The Hall–Kier alpha value is -0.130. The Morgan fingerprint density at radius 1 is 1.44 bits per heavy atom. The zero-order valence-electron chi connectivity index (χ0n) is 8.08. The van der Waals surface area contributed by atoms with E-state index in [1.165, 1.54) is 5.48 Å². The van der Waals surface area contributed by atoms with Crippen molar-refractivity contribution in [3.05, 3.63) is 24.8 Å². The van der Waals surface area contributed by atoms with E-state index < -0.39 is 11.9 Å². The predicted octanol–water partition coefficient (Wildman–Crippen LogP) is 0.977. The van der Waals surface area contributed by atoms with Crippen LogP contribution in [-0.2, 0) is 11.2 Å². The molecule has 0 bridgehead atoms. The Morgan fingerprint density at radius 2 is 1.94 bits per heavy atom. The molecule has 1 aromatic carbocycles. The summed E-state index contributed by atoms with van der Waals surface area (Å²) in [4.78, 5) is 11.0. The van der Waals surface area contributed by atoms with E-state index in [-0.39, 0.29) is 5.75 Å². The van der Waals surface area contributed by atoms with Crippen LogP contribution in [0.25, 0.3) is 0 Å². The lowest BCUT2D eigenvalue weighted by atomic mass is 10.1. The molecule has 0 aromatic heterocycles. The van der Waals surface area contributed by atoms with Gasteiger partial charge in [0.1, 0.15) is 5.75 Å². The maximum absolute atomic E-state index is 11.0. The highest BCUT2D eigenvalue weighted by atomic mass is 127. The van der Waals surface area contributed by atoms with E-state index in [2.05, 4.69) is 0 Å². The average Bonchev–Trinajstić information content (AvgIpc) is 2.24. The monoisotopic (exact) mass is 448 g/mol. The van der Waals surface area contributed by atoms with Crippen LogP contribution < -0.4 is 11.2 Å². The van der Waals surface area contributed by atoms with Gasteiger partial charge in [0.25, 0.3) is 5.91 Å². The number of phenolic OH excluding ortho intramolecular Hbond substituents is 1. The summed E-state index contributed by atoms with van der Waals surface area (Å²) in [6.07, 6.45) is 0.304. The van der Waals surface area contributed by atoms with Crippen molar-refractivity contribution in [2.75, 3.05) is 0 Å². The number of phenols is 1. The van der Waals surface area contributed by atoms with Gasteiger partial charge in [-0.3, -0.25) is 10.0 Å². The molecule has 7 heteroatoms. The molecule has 5 N–H and O–H groups in total. The minimum atomic E-state index is -0.804. The van der Waals surface area contributed by atoms with Gasteiger partial charge < -0.3 is 10.8 Å².